The van der Waals surface area contributed by atoms with Crippen LogP contribution in [0.1, 0.15) is 42.0 Å². The second-order valence-corrected chi connectivity index (χ2v) is 5.81. The molecule has 0 amide bonds. The maximum Gasteiger partial charge on any atom is 0.145 e. The van der Waals surface area contributed by atoms with E-state index in [2.05, 4.69) is 18.8 Å². The molecule has 0 aliphatic rings. The second kappa shape index (κ2) is 10.7. The van der Waals surface area contributed by atoms with E-state index in [9.17, 15) is 8.78 Å². The molecule has 2 aromatic rings. The van der Waals surface area contributed by atoms with Crippen molar-refractivity contribution in [2.75, 3.05) is 19.8 Å². The third-order valence-corrected chi connectivity index (χ3v) is 3.75. The maximum absolute atomic E-state index is 14.2. The minimum atomic E-state index is -0.844. The van der Waals surface area contributed by atoms with Gasteiger partial charge in [-0.3, -0.25) is 0 Å². The largest absolute Gasteiger partial charge is 0.491 e. The summed E-state index contributed by atoms with van der Waals surface area (Å²) in [7, 11) is 0. The average molecular weight is 380 g/mol. The lowest BCUT2D eigenvalue weighted by atomic mass is 10.1. The normalized spacial score (nSPS) is 9.75. The van der Waals surface area contributed by atoms with Crippen molar-refractivity contribution in [3.05, 3.63) is 64.2 Å². The van der Waals surface area contributed by atoms with Gasteiger partial charge in [0.15, 0.2) is 0 Å². The molecule has 0 saturated carbocycles. The van der Waals surface area contributed by atoms with Crippen LogP contribution in [-0.4, -0.2) is 19.8 Å². The third kappa shape index (κ3) is 5.81. The van der Waals surface area contributed by atoms with Crippen LogP contribution in [0.4, 0.5) is 8.78 Å². The number of nitriles is 2. The summed E-state index contributed by atoms with van der Waals surface area (Å²) >= 11 is 0. The van der Waals surface area contributed by atoms with E-state index in [1.807, 2.05) is 12.1 Å². The monoisotopic (exact) mass is 380 g/mol. The number of unbranched alkanes of at least 4 members (excludes halogenated alkanes) is 1. The summed E-state index contributed by atoms with van der Waals surface area (Å²) in [5, 5.41) is 17.9. The molecule has 0 spiro atoms. The average Bonchev–Trinajstić information content (AvgIpc) is 2.69. The lowest BCUT2D eigenvalue weighted by Gasteiger charge is -2.08. The standard InChI is InChI=1S/C22H18F2N2O2/c1-2-3-8-27-9-10-28-19-12-21(23)20(22(24)13-19)7-5-16-4-6-17(14-25)18(11-16)15-26/h4,6,11-13H,2-3,8-10H2,1H3. The fourth-order valence-electron chi connectivity index (χ4n) is 2.27. The van der Waals surface area contributed by atoms with E-state index in [0.717, 1.165) is 25.0 Å². The predicted octanol–water partition coefficient (Wildman–Crippen LogP) is 4.30. The topological polar surface area (TPSA) is 66.0 Å². The van der Waals surface area contributed by atoms with Gasteiger partial charge >= 0.3 is 0 Å². The van der Waals surface area contributed by atoms with Gasteiger partial charge in [-0.2, -0.15) is 10.5 Å². The van der Waals surface area contributed by atoms with Crippen LogP contribution in [-0.2, 0) is 4.74 Å². The molecule has 2 rings (SSSR count). The van der Waals surface area contributed by atoms with E-state index in [1.165, 1.54) is 18.2 Å². The van der Waals surface area contributed by atoms with Crippen molar-refractivity contribution in [2.45, 2.75) is 19.8 Å². The Labute approximate surface area is 162 Å². The molecule has 0 atom stereocenters. The van der Waals surface area contributed by atoms with Gasteiger partial charge in [-0.15, -0.1) is 0 Å². The number of rotatable bonds is 7. The molecule has 0 unspecified atom stereocenters. The van der Waals surface area contributed by atoms with Crippen LogP contribution in [0.2, 0.25) is 0 Å². The van der Waals surface area contributed by atoms with Gasteiger partial charge in [-0.25, -0.2) is 8.78 Å². The van der Waals surface area contributed by atoms with Crippen molar-refractivity contribution >= 4 is 0 Å². The van der Waals surface area contributed by atoms with Gasteiger partial charge in [-0.1, -0.05) is 25.2 Å². The van der Waals surface area contributed by atoms with Gasteiger partial charge < -0.3 is 9.47 Å². The van der Waals surface area contributed by atoms with Crippen LogP contribution >= 0.6 is 0 Å². The highest BCUT2D eigenvalue weighted by Crippen LogP contribution is 2.20. The Bertz CT molecular complexity index is 956. The number of halogens is 2. The van der Waals surface area contributed by atoms with Crippen molar-refractivity contribution in [1.29, 1.82) is 10.5 Å². The number of hydrogen-bond donors (Lipinski definition) is 0. The molecule has 0 saturated heterocycles. The first-order chi connectivity index (χ1) is 13.6. The highest BCUT2D eigenvalue weighted by Gasteiger charge is 2.10. The first-order valence-electron chi connectivity index (χ1n) is 8.75. The summed E-state index contributed by atoms with van der Waals surface area (Å²) in [6, 6.07) is 10.3. The third-order valence-electron chi connectivity index (χ3n) is 3.75. The number of benzene rings is 2. The molecule has 28 heavy (non-hydrogen) atoms. The van der Waals surface area contributed by atoms with Crippen molar-refractivity contribution < 1.29 is 18.3 Å². The van der Waals surface area contributed by atoms with E-state index >= 15 is 0 Å². The Balaban J connectivity index is 2.09. The Kier molecular flexibility index (Phi) is 7.97. The van der Waals surface area contributed by atoms with Crippen molar-refractivity contribution in [3.8, 4) is 29.7 Å². The molecule has 0 bridgehead atoms. The van der Waals surface area contributed by atoms with Gasteiger partial charge in [-0.05, 0) is 24.6 Å². The lowest BCUT2D eigenvalue weighted by Crippen LogP contribution is -2.08. The quantitative estimate of drug-likeness (QED) is 0.530. The molecular weight excluding hydrogens is 362 g/mol. The van der Waals surface area contributed by atoms with E-state index in [1.54, 1.807) is 0 Å². The molecule has 0 N–H and O–H groups in total. The zero-order chi connectivity index (χ0) is 20.4. The van der Waals surface area contributed by atoms with E-state index < -0.39 is 17.2 Å². The molecule has 4 nitrogen and oxygen atoms in total. The Morgan fingerprint density at radius 1 is 0.893 bits per heavy atom. The van der Waals surface area contributed by atoms with Gasteiger partial charge in [0, 0.05) is 24.3 Å². The van der Waals surface area contributed by atoms with E-state index in [4.69, 9.17) is 20.0 Å². The molecule has 0 aliphatic carbocycles. The fraction of sp³-hybridized carbons (Fsp3) is 0.273. The first-order valence-corrected chi connectivity index (χ1v) is 8.75. The van der Waals surface area contributed by atoms with Gasteiger partial charge in [0.25, 0.3) is 0 Å². The molecule has 2 aromatic carbocycles. The van der Waals surface area contributed by atoms with Crippen LogP contribution in [0.5, 0.6) is 5.75 Å². The molecule has 0 aliphatic heterocycles. The first kappa shape index (κ1) is 20.9. The summed E-state index contributed by atoms with van der Waals surface area (Å²) in [5.74, 6) is 3.41. The van der Waals surface area contributed by atoms with Crippen molar-refractivity contribution in [3.63, 3.8) is 0 Å². The molecule has 0 radical (unpaired) electrons. The summed E-state index contributed by atoms with van der Waals surface area (Å²) in [6.07, 6.45) is 1.98. The smallest absolute Gasteiger partial charge is 0.145 e. The predicted molar refractivity (Wildman–Crippen MR) is 99.4 cm³/mol. The van der Waals surface area contributed by atoms with Crippen molar-refractivity contribution in [1.82, 2.24) is 0 Å². The zero-order valence-corrected chi connectivity index (χ0v) is 15.4. The van der Waals surface area contributed by atoms with Crippen LogP contribution in [0.15, 0.2) is 30.3 Å². The second-order valence-electron chi connectivity index (χ2n) is 5.81. The van der Waals surface area contributed by atoms with Gasteiger partial charge in [0.2, 0.25) is 0 Å². The van der Waals surface area contributed by atoms with Gasteiger partial charge in [0.05, 0.1) is 23.3 Å². The maximum atomic E-state index is 14.2. The summed E-state index contributed by atoms with van der Waals surface area (Å²) in [5.41, 5.74) is 0.346. The molecule has 6 heteroatoms. The van der Waals surface area contributed by atoms with Crippen LogP contribution in [0.3, 0.4) is 0 Å². The van der Waals surface area contributed by atoms with Crippen LogP contribution < -0.4 is 4.74 Å². The minimum Gasteiger partial charge on any atom is -0.491 e. The van der Waals surface area contributed by atoms with E-state index in [0.29, 0.717) is 18.8 Å². The highest BCUT2D eigenvalue weighted by atomic mass is 19.1. The molecule has 0 aromatic heterocycles. The molecule has 0 heterocycles. The number of ether oxygens (including phenoxy) is 2. The SMILES string of the molecule is CCCCOCCOc1cc(F)c(C#Cc2ccc(C#N)c(C#N)c2)c(F)c1. The lowest BCUT2D eigenvalue weighted by molar-refractivity contribution is 0.0978. The summed E-state index contributed by atoms with van der Waals surface area (Å²) in [4.78, 5) is 0. The Morgan fingerprint density at radius 3 is 2.25 bits per heavy atom. The number of hydrogen-bond acceptors (Lipinski definition) is 4. The minimum absolute atomic E-state index is 0.0600. The Morgan fingerprint density at radius 2 is 1.61 bits per heavy atom. The highest BCUT2D eigenvalue weighted by molar-refractivity contribution is 5.53. The fourth-order valence-corrected chi connectivity index (χ4v) is 2.27. The number of nitrogens with zero attached hydrogens (tertiary/aromatic N) is 2. The van der Waals surface area contributed by atoms with E-state index in [-0.39, 0.29) is 23.5 Å². The molecule has 0 fully saturated rings. The van der Waals surface area contributed by atoms with Crippen molar-refractivity contribution in [2.24, 2.45) is 0 Å². The zero-order valence-electron chi connectivity index (χ0n) is 15.4. The van der Waals surface area contributed by atoms with Gasteiger partial charge in [0.1, 0.15) is 36.1 Å². The molecular formula is C22H18F2N2O2. The van der Waals surface area contributed by atoms with Crippen LogP contribution in [0.25, 0.3) is 0 Å². The summed E-state index contributed by atoms with van der Waals surface area (Å²) < 4.78 is 39.0. The molecule has 142 valence electrons. The summed E-state index contributed by atoms with van der Waals surface area (Å²) in [6.45, 7) is 3.21. The Hall–Kier alpha value is -3.40. The van der Waals surface area contributed by atoms with Crippen LogP contribution in [0, 0.1) is 46.1 Å².